The third kappa shape index (κ3) is 3.76. The number of nitro groups is 1. The molecule has 0 bridgehead atoms. The molecule has 9 heteroatoms. The lowest BCUT2D eigenvalue weighted by molar-refractivity contribution is -0.388. The molecular formula is C14H9F3N2O4. The zero-order valence-electron chi connectivity index (χ0n) is 11.3. The van der Waals surface area contributed by atoms with Crippen molar-refractivity contribution in [2.45, 2.75) is 6.18 Å². The third-order valence-electron chi connectivity index (χ3n) is 2.89. The SMILES string of the molecule is O=C(Nc1ccc(O)cc1)c1ccc([N+](=O)[O-])c(C(F)(F)F)c1. The molecule has 0 unspecified atom stereocenters. The number of alkyl halides is 3. The quantitative estimate of drug-likeness (QED) is 0.512. The molecule has 1 amide bonds. The maximum absolute atomic E-state index is 12.9. The summed E-state index contributed by atoms with van der Waals surface area (Å²) in [6.07, 6.45) is -4.96. The van der Waals surface area contributed by atoms with Crippen molar-refractivity contribution >= 4 is 17.3 Å². The van der Waals surface area contributed by atoms with Crippen LogP contribution in [0.4, 0.5) is 24.5 Å². The number of rotatable bonds is 3. The number of hydrogen-bond acceptors (Lipinski definition) is 4. The van der Waals surface area contributed by atoms with E-state index < -0.39 is 28.3 Å². The highest BCUT2D eigenvalue weighted by Gasteiger charge is 2.38. The van der Waals surface area contributed by atoms with Gasteiger partial charge in [-0.3, -0.25) is 14.9 Å². The van der Waals surface area contributed by atoms with E-state index in [2.05, 4.69) is 5.32 Å². The largest absolute Gasteiger partial charge is 0.508 e. The van der Waals surface area contributed by atoms with Gasteiger partial charge in [0.15, 0.2) is 0 Å². The van der Waals surface area contributed by atoms with Crippen molar-refractivity contribution in [2.75, 3.05) is 5.32 Å². The van der Waals surface area contributed by atoms with Gasteiger partial charge >= 0.3 is 6.18 Å². The molecule has 2 aromatic carbocycles. The molecular weight excluding hydrogens is 317 g/mol. The molecule has 23 heavy (non-hydrogen) atoms. The van der Waals surface area contributed by atoms with E-state index in [0.717, 1.165) is 6.07 Å². The maximum Gasteiger partial charge on any atom is 0.423 e. The second-order valence-electron chi connectivity index (χ2n) is 4.49. The average Bonchev–Trinajstić information content (AvgIpc) is 2.48. The lowest BCUT2D eigenvalue weighted by Crippen LogP contribution is -2.15. The van der Waals surface area contributed by atoms with Crippen molar-refractivity contribution in [1.29, 1.82) is 0 Å². The fourth-order valence-electron chi connectivity index (χ4n) is 1.81. The number of aromatic hydroxyl groups is 1. The molecule has 0 saturated heterocycles. The molecule has 120 valence electrons. The molecule has 2 N–H and O–H groups in total. The highest BCUT2D eigenvalue weighted by Crippen LogP contribution is 2.36. The lowest BCUT2D eigenvalue weighted by atomic mass is 10.1. The van der Waals surface area contributed by atoms with Gasteiger partial charge in [0.1, 0.15) is 11.3 Å². The van der Waals surface area contributed by atoms with Crippen LogP contribution in [0.15, 0.2) is 42.5 Å². The van der Waals surface area contributed by atoms with Crippen molar-refractivity contribution in [1.82, 2.24) is 0 Å². The summed E-state index contributed by atoms with van der Waals surface area (Å²) in [5.41, 5.74) is -2.75. The number of nitrogens with one attached hydrogen (secondary N) is 1. The van der Waals surface area contributed by atoms with Crippen molar-refractivity contribution in [3.05, 3.63) is 63.7 Å². The lowest BCUT2D eigenvalue weighted by Gasteiger charge is -2.10. The van der Waals surface area contributed by atoms with E-state index in [-0.39, 0.29) is 17.0 Å². The first-order valence-corrected chi connectivity index (χ1v) is 6.14. The van der Waals surface area contributed by atoms with Crippen molar-refractivity contribution in [2.24, 2.45) is 0 Å². The zero-order chi connectivity index (χ0) is 17.2. The minimum atomic E-state index is -4.96. The number of hydrogen-bond donors (Lipinski definition) is 2. The predicted molar refractivity (Wildman–Crippen MR) is 74.2 cm³/mol. The number of benzene rings is 2. The normalized spacial score (nSPS) is 11.1. The number of nitro benzene ring substituents is 1. The van der Waals surface area contributed by atoms with Crippen LogP contribution in [0.5, 0.6) is 5.75 Å². The number of carbonyl (C=O) groups is 1. The van der Waals surface area contributed by atoms with Crippen molar-refractivity contribution in [3.63, 3.8) is 0 Å². The van der Waals surface area contributed by atoms with Crippen LogP contribution in [-0.4, -0.2) is 15.9 Å². The smallest absolute Gasteiger partial charge is 0.423 e. The highest BCUT2D eigenvalue weighted by molar-refractivity contribution is 6.04. The van der Waals surface area contributed by atoms with E-state index in [1.807, 2.05) is 0 Å². The Balaban J connectivity index is 2.34. The zero-order valence-corrected chi connectivity index (χ0v) is 11.3. The van der Waals surface area contributed by atoms with Gasteiger partial charge in [0.25, 0.3) is 11.6 Å². The Bertz CT molecular complexity index is 758. The van der Waals surface area contributed by atoms with E-state index in [0.29, 0.717) is 12.1 Å². The van der Waals surface area contributed by atoms with Gasteiger partial charge in [-0.05, 0) is 36.4 Å². The predicted octanol–water partition coefficient (Wildman–Crippen LogP) is 3.57. The Labute approximate surface area is 127 Å². The standard InChI is InChI=1S/C14H9F3N2O4/c15-14(16,17)11-7-8(1-6-12(11)19(22)23)13(21)18-9-2-4-10(20)5-3-9/h1-7,20H,(H,18,21). The third-order valence-corrected chi connectivity index (χ3v) is 2.89. The summed E-state index contributed by atoms with van der Waals surface area (Å²) < 4.78 is 38.6. The van der Waals surface area contributed by atoms with E-state index >= 15 is 0 Å². The van der Waals surface area contributed by atoms with Crippen molar-refractivity contribution < 1.29 is 28.0 Å². The van der Waals surface area contributed by atoms with Crippen LogP contribution < -0.4 is 5.32 Å². The molecule has 0 radical (unpaired) electrons. The highest BCUT2D eigenvalue weighted by atomic mass is 19.4. The van der Waals surface area contributed by atoms with Crippen LogP contribution >= 0.6 is 0 Å². The molecule has 0 heterocycles. The van der Waals surface area contributed by atoms with E-state index in [4.69, 9.17) is 5.11 Å². The molecule has 0 aliphatic carbocycles. The fraction of sp³-hybridized carbons (Fsp3) is 0.0714. The molecule has 0 atom stereocenters. The van der Waals surface area contributed by atoms with Crippen LogP contribution in [0.1, 0.15) is 15.9 Å². The number of carbonyl (C=O) groups excluding carboxylic acids is 1. The van der Waals surface area contributed by atoms with Crippen LogP contribution in [0, 0.1) is 10.1 Å². The first kappa shape index (κ1) is 16.3. The van der Waals surface area contributed by atoms with E-state index in [9.17, 15) is 28.1 Å². The summed E-state index contributed by atoms with van der Waals surface area (Å²) in [6, 6.07) is 7.26. The Kier molecular flexibility index (Phi) is 4.21. The number of halogens is 3. The number of nitrogens with zero attached hydrogens (tertiary/aromatic N) is 1. The molecule has 0 aliphatic rings. The van der Waals surface area contributed by atoms with Crippen molar-refractivity contribution in [3.8, 4) is 5.75 Å². The number of anilines is 1. The first-order chi connectivity index (χ1) is 10.7. The van der Waals surface area contributed by atoms with E-state index in [1.165, 1.54) is 24.3 Å². The molecule has 0 fully saturated rings. The number of amides is 1. The number of phenols is 1. The van der Waals surface area contributed by atoms with Gasteiger partial charge in [0.05, 0.1) is 4.92 Å². The van der Waals surface area contributed by atoms with Crippen LogP contribution in [-0.2, 0) is 6.18 Å². The Morgan fingerprint density at radius 2 is 1.74 bits per heavy atom. The average molecular weight is 326 g/mol. The summed E-state index contributed by atoms with van der Waals surface area (Å²) in [7, 11) is 0. The topological polar surface area (TPSA) is 92.5 Å². The monoisotopic (exact) mass is 326 g/mol. The van der Waals surface area contributed by atoms with Crippen LogP contribution in [0.25, 0.3) is 0 Å². The van der Waals surface area contributed by atoms with Crippen LogP contribution in [0.2, 0.25) is 0 Å². The second kappa shape index (κ2) is 5.95. The summed E-state index contributed by atoms with van der Waals surface area (Å²) in [4.78, 5) is 21.4. The Morgan fingerprint density at radius 3 is 2.26 bits per heavy atom. The summed E-state index contributed by atoms with van der Waals surface area (Å²) in [6.45, 7) is 0. The van der Waals surface area contributed by atoms with E-state index in [1.54, 1.807) is 0 Å². The van der Waals surface area contributed by atoms with Gasteiger partial charge in [-0.1, -0.05) is 0 Å². The second-order valence-corrected chi connectivity index (χ2v) is 4.49. The molecule has 0 spiro atoms. The van der Waals surface area contributed by atoms with Crippen LogP contribution in [0.3, 0.4) is 0 Å². The molecule has 0 saturated carbocycles. The summed E-state index contributed by atoms with van der Waals surface area (Å²) >= 11 is 0. The van der Waals surface area contributed by atoms with Gasteiger partial charge < -0.3 is 10.4 Å². The number of phenolic OH excluding ortho intramolecular Hbond substituents is 1. The fourth-order valence-corrected chi connectivity index (χ4v) is 1.81. The summed E-state index contributed by atoms with van der Waals surface area (Å²) in [5, 5.41) is 22.1. The Hall–Kier alpha value is -3.10. The van der Waals surface area contributed by atoms with Gasteiger partial charge in [-0.2, -0.15) is 13.2 Å². The molecule has 0 aromatic heterocycles. The molecule has 2 aromatic rings. The molecule has 2 rings (SSSR count). The maximum atomic E-state index is 12.9. The minimum Gasteiger partial charge on any atom is -0.508 e. The van der Waals surface area contributed by atoms with Gasteiger partial charge in [0.2, 0.25) is 0 Å². The summed E-state index contributed by atoms with van der Waals surface area (Å²) in [5.74, 6) is -0.909. The molecule has 6 nitrogen and oxygen atoms in total. The van der Waals surface area contributed by atoms with Gasteiger partial charge in [0, 0.05) is 17.3 Å². The minimum absolute atomic E-state index is 0.0438. The van der Waals surface area contributed by atoms with Gasteiger partial charge in [-0.15, -0.1) is 0 Å². The first-order valence-electron chi connectivity index (χ1n) is 6.14. The Morgan fingerprint density at radius 1 is 1.13 bits per heavy atom. The van der Waals surface area contributed by atoms with Gasteiger partial charge in [-0.25, -0.2) is 0 Å². The molecule has 0 aliphatic heterocycles.